The van der Waals surface area contributed by atoms with Crippen molar-refractivity contribution in [1.29, 1.82) is 0 Å². The molecule has 0 radical (unpaired) electrons. The Labute approximate surface area is 213 Å². The van der Waals surface area contributed by atoms with Crippen LogP contribution >= 0.6 is 0 Å². The lowest BCUT2D eigenvalue weighted by atomic mass is 10.1. The van der Waals surface area contributed by atoms with E-state index in [4.69, 9.17) is 19.2 Å². The number of carbonyl (C=O) groups excluding carboxylic acids is 1. The highest BCUT2D eigenvalue weighted by Gasteiger charge is 2.31. The van der Waals surface area contributed by atoms with Gasteiger partial charge in [0.25, 0.3) is 5.91 Å². The van der Waals surface area contributed by atoms with Crippen LogP contribution in [0.5, 0.6) is 23.1 Å². The number of likely N-dealkylation sites (tertiary alicyclic amines) is 1. The summed E-state index contributed by atoms with van der Waals surface area (Å²) in [5.41, 5.74) is 2.24. The summed E-state index contributed by atoms with van der Waals surface area (Å²) < 4.78 is 32.8. The Balaban J connectivity index is 1.49. The van der Waals surface area contributed by atoms with Crippen molar-refractivity contribution in [2.45, 2.75) is 19.3 Å². The number of methoxy groups -OCH3 is 2. The van der Waals surface area contributed by atoms with E-state index < -0.39 is 5.82 Å². The molecule has 0 aliphatic carbocycles. The molecular weight excluding hydrogens is 475 g/mol. The maximum atomic E-state index is 14.5. The molecule has 4 aromatic rings. The van der Waals surface area contributed by atoms with Crippen LogP contribution in [-0.4, -0.2) is 52.5 Å². The predicted molar refractivity (Wildman–Crippen MR) is 135 cm³/mol. The fourth-order valence-electron chi connectivity index (χ4n) is 4.55. The molecule has 1 amide bonds. The fourth-order valence-corrected chi connectivity index (χ4v) is 4.55. The number of hydrogen-bond donors (Lipinski definition) is 0. The normalized spacial score (nSPS) is 14.8. The van der Waals surface area contributed by atoms with Gasteiger partial charge in [0.05, 0.1) is 14.2 Å². The summed E-state index contributed by atoms with van der Waals surface area (Å²) in [7, 11) is 2.97. The minimum absolute atomic E-state index is 0.0367. The van der Waals surface area contributed by atoms with E-state index in [1.54, 1.807) is 49.4 Å². The number of rotatable bonds is 6. The molecule has 2 aromatic carbocycles. The molecule has 0 saturated carbocycles. The summed E-state index contributed by atoms with van der Waals surface area (Å²) in [5.74, 6) is 6.50. The molecule has 0 N–H and O–H groups in total. The van der Waals surface area contributed by atoms with Crippen molar-refractivity contribution in [1.82, 2.24) is 19.3 Å². The van der Waals surface area contributed by atoms with Gasteiger partial charge in [-0.1, -0.05) is 12.0 Å². The van der Waals surface area contributed by atoms with Crippen LogP contribution in [0.2, 0.25) is 0 Å². The summed E-state index contributed by atoms with van der Waals surface area (Å²) in [5, 5.41) is 0. The molecule has 188 valence electrons. The maximum absolute atomic E-state index is 14.5. The van der Waals surface area contributed by atoms with Crippen LogP contribution in [0.1, 0.15) is 25.1 Å². The zero-order valence-electron chi connectivity index (χ0n) is 20.7. The first-order valence-corrected chi connectivity index (χ1v) is 11.8. The van der Waals surface area contributed by atoms with Crippen molar-refractivity contribution in [2.75, 3.05) is 27.3 Å². The van der Waals surface area contributed by atoms with Crippen molar-refractivity contribution in [3.63, 3.8) is 0 Å². The van der Waals surface area contributed by atoms with Gasteiger partial charge < -0.3 is 19.1 Å². The van der Waals surface area contributed by atoms with Gasteiger partial charge in [-0.15, -0.1) is 0 Å². The van der Waals surface area contributed by atoms with E-state index in [-0.39, 0.29) is 23.3 Å². The molecule has 3 heterocycles. The summed E-state index contributed by atoms with van der Waals surface area (Å²) in [6.45, 7) is 2.82. The molecule has 1 atom stereocenters. The first-order valence-electron chi connectivity index (χ1n) is 11.8. The second-order valence-corrected chi connectivity index (χ2v) is 8.48. The second-order valence-electron chi connectivity index (χ2n) is 8.48. The summed E-state index contributed by atoms with van der Waals surface area (Å²) in [4.78, 5) is 23.4. The van der Waals surface area contributed by atoms with Gasteiger partial charge >= 0.3 is 0 Å². The van der Waals surface area contributed by atoms with Gasteiger partial charge in [0.1, 0.15) is 22.8 Å². The number of halogens is 1. The molecule has 5 rings (SSSR count). The zero-order chi connectivity index (χ0) is 25.9. The molecule has 8 nitrogen and oxygen atoms in total. The molecule has 1 saturated heterocycles. The lowest BCUT2D eigenvalue weighted by Gasteiger charge is -2.12. The average molecular weight is 501 g/mol. The SMILES string of the molecule is CC#CC(=O)N1CC[C@@H](c2nc(-c3ccc(Oc4cccc(OC)c4F)cc3)c3c(OC)nccn23)C1. The van der Waals surface area contributed by atoms with Crippen molar-refractivity contribution >= 4 is 11.4 Å². The third kappa shape index (κ3) is 4.54. The van der Waals surface area contributed by atoms with E-state index in [1.807, 2.05) is 22.7 Å². The second kappa shape index (κ2) is 10.2. The van der Waals surface area contributed by atoms with Crippen LogP contribution < -0.4 is 14.2 Å². The number of carbonyl (C=O) groups is 1. The highest BCUT2D eigenvalue weighted by atomic mass is 19.1. The largest absolute Gasteiger partial charge is 0.494 e. The Morgan fingerprint density at radius 1 is 1.11 bits per heavy atom. The maximum Gasteiger partial charge on any atom is 0.298 e. The molecule has 1 aliphatic heterocycles. The van der Waals surface area contributed by atoms with Crippen LogP contribution in [0.4, 0.5) is 4.39 Å². The number of ether oxygens (including phenoxy) is 3. The van der Waals surface area contributed by atoms with Crippen LogP contribution in [0, 0.1) is 17.7 Å². The Morgan fingerprint density at radius 2 is 1.89 bits per heavy atom. The molecule has 37 heavy (non-hydrogen) atoms. The molecular formula is C28H25FN4O4. The summed E-state index contributed by atoms with van der Waals surface area (Å²) in [6.07, 6.45) is 4.29. The zero-order valence-corrected chi connectivity index (χ0v) is 20.7. The monoisotopic (exact) mass is 500 g/mol. The highest BCUT2D eigenvalue weighted by molar-refractivity contribution is 5.93. The number of amides is 1. The smallest absolute Gasteiger partial charge is 0.298 e. The Kier molecular flexibility index (Phi) is 6.64. The first-order chi connectivity index (χ1) is 18.0. The van der Waals surface area contributed by atoms with Gasteiger partial charge in [-0.3, -0.25) is 9.20 Å². The standard InChI is InChI=1S/C28H25FN4O4/c1-4-6-23(34)32-15-13-19(17-32)27-31-25(26-28(36-3)30-14-16-33(26)27)18-9-11-20(12-10-18)37-22-8-5-7-21(35-2)24(22)29/h5,7-12,14,16,19H,13,15,17H2,1-3H3/t19-/m1/s1. The summed E-state index contributed by atoms with van der Waals surface area (Å²) in [6, 6.07) is 11.9. The molecule has 1 aliphatic rings. The number of hydrogen-bond acceptors (Lipinski definition) is 6. The molecule has 0 bridgehead atoms. The van der Waals surface area contributed by atoms with Crippen LogP contribution in [0.3, 0.4) is 0 Å². The third-order valence-corrected chi connectivity index (χ3v) is 6.32. The average Bonchev–Trinajstić information content (AvgIpc) is 3.56. The van der Waals surface area contributed by atoms with E-state index in [1.165, 1.54) is 13.2 Å². The van der Waals surface area contributed by atoms with Crippen LogP contribution in [0.25, 0.3) is 16.8 Å². The predicted octanol–water partition coefficient (Wildman–Crippen LogP) is 4.68. The fraction of sp³-hybridized carbons (Fsp3) is 0.250. The Hall–Kier alpha value is -4.58. The van der Waals surface area contributed by atoms with E-state index in [0.29, 0.717) is 30.4 Å². The Bertz CT molecular complexity index is 1520. The van der Waals surface area contributed by atoms with Gasteiger partial charge in [0.15, 0.2) is 11.5 Å². The lowest BCUT2D eigenvalue weighted by Crippen LogP contribution is -2.27. The van der Waals surface area contributed by atoms with Crippen molar-refractivity contribution in [3.05, 3.63) is 66.5 Å². The number of imidazole rings is 1. The van der Waals surface area contributed by atoms with Crippen LogP contribution in [0.15, 0.2) is 54.9 Å². The van der Waals surface area contributed by atoms with Crippen molar-refractivity contribution in [2.24, 2.45) is 0 Å². The first kappa shape index (κ1) is 24.1. The quantitative estimate of drug-likeness (QED) is 0.358. The molecule has 0 unspecified atom stereocenters. The van der Waals surface area contributed by atoms with Crippen LogP contribution in [-0.2, 0) is 4.79 Å². The van der Waals surface area contributed by atoms with Crippen molar-refractivity contribution < 1.29 is 23.4 Å². The van der Waals surface area contributed by atoms with Gasteiger partial charge in [-0.25, -0.2) is 9.97 Å². The highest BCUT2D eigenvalue weighted by Crippen LogP contribution is 2.37. The van der Waals surface area contributed by atoms with E-state index >= 15 is 0 Å². The third-order valence-electron chi connectivity index (χ3n) is 6.32. The minimum Gasteiger partial charge on any atom is -0.494 e. The minimum atomic E-state index is -0.566. The molecule has 0 spiro atoms. The van der Waals surface area contributed by atoms with Crippen molar-refractivity contribution in [3.8, 4) is 46.2 Å². The molecule has 9 heteroatoms. The van der Waals surface area contributed by atoms with E-state index in [9.17, 15) is 9.18 Å². The van der Waals surface area contributed by atoms with Gasteiger partial charge in [0, 0.05) is 37.0 Å². The lowest BCUT2D eigenvalue weighted by molar-refractivity contribution is -0.124. The number of benzene rings is 2. The number of nitrogens with zero attached hydrogens (tertiary/aromatic N) is 4. The van der Waals surface area contributed by atoms with Gasteiger partial charge in [0.2, 0.25) is 11.7 Å². The van der Waals surface area contributed by atoms with E-state index in [0.717, 1.165) is 23.3 Å². The number of aromatic nitrogens is 3. The molecule has 2 aromatic heterocycles. The van der Waals surface area contributed by atoms with E-state index in [2.05, 4.69) is 16.8 Å². The van der Waals surface area contributed by atoms with Gasteiger partial charge in [-0.2, -0.15) is 4.39 Å². The molecule has 1 fully saturated rings. The number of fused-ring (bicyclic) bond motifs is 1. The van der Waals surface area contributed by atoms with Gasteiger partial charge in [-0.05, 0) is 55.7 Å². The Morgan fingerprint density at radius 3 is 2.62 bits per heavy atom. The summed E-state index contributed by atoms with van der Waals surface area (Å²) >= 11 is 0. The topological polar surface area (TPSA) is 78.2 Å².